The molecule has 1 heterocycles. The number of pyridine rings is 1. The van der Waals surface area contributed by atoms with Crippen molar-refractivity contribution in [2.45, 2.75) is 25.3 Å². The van der Waals surface area contributed by atoms with Crippen LogP contribution in [0.5, 0.6) is 5.75 Å². The first-order chi connectivity index (χ1) is 7.75. The van der Waals surface area contributed by atoms with E-state index in [1.165, 1.54) is 25.1 Å². The van der Waals surface area contributed by atoms with E-state index in [4.69, 9.17) is 0 Å². The van der Waals surface area contributed by atoms with E-state index in [0.29, 0.717) is 19.0 Å². The highest BCUT2D eigenvalue weighted by atomic mass is 16.3. The third-order valence-electron chi connectivity index (χ3n) is 2.41. The zero-order valence-electron chi connectivity index (χ0n) is 8.94. The van der Waals surface area contributed by atoms with Crippen LogP contribution in [0.2, 0.25) is 0 Å². The van der Waals surface area contributed by atoms with Crippen LogP contribution >= 0.6 is 0 Å². The molecule has 1 fully saturated rings. The quantitative estimate of drug-likeness (QED) is 0.689. The Bertz CT molecular complexity index is 377. The van der Waals surface area contributed by atoms with Crippen molar-refractivity contribution in [3.05, 3.63) is 18.3 Å². The molecule has 2 rings (SSSR count). The van der Waals surface area contributed by atoms with E-state index in [1.54, 1.807) is 6.07 Å². The maximum absolute atomic E-state index is 11.5. The Labute approximate surface area is 93.9 Å². The van der Waals surface area contributed by atoms with Crippen LogP contribution in [-0.4, -0.2) is 28.6 Å². The molecule has 0 spiro atoms. The van der Waals surface area contributed by atoms with Gasteiger partial charge in [-0.3, -0.25) is 4.79 Å². The van der Waals surface area contributed by atoms with Crippen LogP contribution < -0.4 is 10.6 Å². The van der Waals surface area contributed by atoms with E-state index in [-0.39, 0.29) is 17.5 Å². The van der Waals surface area contributed by atoms with Gasteiger partial charge in [-0.25, -0.2) is 4.98 Å². The minimum Gasteiger partial charge on any atom is -0.504 e. The Morgan fingerprint density at radius 1 is 1.56 bits per heavy atom. The van der Waals surface area contributed by atoms with Gasteiger partial charge in [-0.1, -0.05) is 0 Å². The molecule has 1 aliphatic carbocycles. The smallest absolute Gasteiger partial charge is 0.226 e. The molecule has 0 aliphatic heterocycles. The van der Waals surface area contributed by atoms with Crippen molar-refractivity contribution >= 4 is 11.7 Å². The van der Waals surface area contributed by atoms with E-state index in [2.05, 4.69) is 15.6 Å². The van der Waals surface area contributed by atoms with Gasteiger partial charge in [0.25, 0.3) is 0 Å². The highest BCUT2D eigenvalue weighted by Gasteiger charge is 2.20. The molecule has 86 valence electrons. The Morgan fingerprint density at radius 3 is 3.06 bits per heavy atom. The van der Waals surface area contributed by atoms with Crippen LogP contribution in [0.1, 0.15) is 19.3 Å². The minimum absolute atomic E-state index is 0.00833. The molecule has 0 aromatic carbocycles. The maximum Gasteiger partial charge on any atom is 0.226 e. The Kier molecular flexibility index (Phi) is 3.36. The molecule has 0 bridgehead atoms. The monoisotopic (exact) mass is 221 g/mol. The fraction of sp³-hybridized carbons (Fsp3) is 0.455. The van der Waals surface area contributed by atoms with E-state index < -0.39 is 0 Å². The summed E-state index contributed by atoms with van der Waals surface area (Å²) in [6.45, 7) is 0.671. The average molecular weight is 221 g/mol. The molecule has 16 heavy (non-hydrogen) atoms. The summed E-state index contributed by atoms with van der Waals surface area (Å²) in [4.78, 5) is 15.3. The van der Waals surface area contributed by atoms with Crippen molar-refractivity contribution in [3.63, 3.8) is 0 Å². The molecule has 1 aliphatic rings. The van der Waals surface area contributed by atoms with Gasteiger partial charge in [-0.2, -0.15) is 0 Å². The van der Waals surface area contributed by atoms with Gasteiger partial charge in [0.05, 0.1) is 0 Å². The summed E-state index contributed by atoms with van der Waals surface area (Å²) in [5.74, 6) is 0.0760. The topological polar surface area (TPSA) is 74.2 Å². The standard InChI is InChI=1S/C11H15N3O2/c15-9-2-1-6-13-11(9)14-10(16)5-7-12-8-3-4-8/h1-2,6,8,12,15H,3-5,7H2,(H,13,14,16). The lowest BCUT2D eigenvalue weighted by atomic mass is 10.3. The van der Waals surface area contributed by atoms with Crippen molar-refractivity contribution < 1.29 is 9.90 Å². The zero-order chi connectivity index (χ0) is 11.4. The predicted molar refractivity (Wildman–Crippen MR) is 60.2 cm³/mol. The van der Waals surface area contributed by atoms with Crippen molar-refractivity contribution in [2.24, 2.45) is 0 Å². The number of rotatable bonds is 5. The molecule has 1 saturated carbocycles. The van der Waals surface area contributed by atoms with E-state index >= 15 is 0 Å². The van der Waals surface area contributed by atoms with Crippen LogP contribution in [0.25, 0.3) is 0 Å². The van der Waals surface area contributed by atoms with Crippen molar-refractivity contribution in [2.75, 3.05) is 11.9 Å². The summed E-state index contributed by atoms with van der Waals surface area (Å²) in [5, 5.41) is 15.2. The number of carbonyl (C=O) groups excluding carboxylic acids is 1. The minimum atomic E-state index is -0.137. The number of anilines is 1. The molecule has 5 heteroatoms. The van der Waals surface area contributed by atoms with Gasteiger partial charge < -0.3 is 15.7 Å². The van der Waals surface area contributed by atoms with Crippen LogP contribution in [0, 0.1) is 0 Å². The fourth-order valence-corrected chi connectivity index (χ4v) is 1.36. The summed E-state index contributed by atoms with van der Waals surface area (Å²) < 4.78 is 0. The number of aromatic nitrogens is 1. The summed E-state index contributed by atoms with van der Waals surface area (Å²) in [7, 11) is 0. The summed E-state index contributed by atoms with van der Waals surface area (Å²) in [5.41, 5.74) is 0. The Morgan fingerprint density at radius 2 is 2.38 bits per heavy atom. The second kappa shape index (κ2) is 4.94. The molecular weight excluding hydrogens is 206 g/mol. The second-order valence-electron chi connectivity index (χ2n) is 3.90. The second-order valence-corrected chi connectivity index (χ2v) is 3.90. The number of aromatic hydroxyl groups is 1. The largest absolute Gasteiger partial charge is 0.504 e. The molecule has 1 aromatic rings. The van der Waals surface area contributed by atoms with Gasteiger partial charge in [0.1, 0.15) is 0 Å². The lowest BCUT2D eigenvalue weighted by Crippen LogP contribution is -2.23. The summed E-state index contributed by atoms with van der Waals surface area (Å²) in [6.07, 6.45) is 4.34. The molecule has 1 aromatic heterocycles. The first kappa shape index (κ1) is 10.9. The van der Waals surface area contributed by atoms with Crippen LogP contribution in [-0.2, 0) is 4.79 Å². The highest BCUT2D eigenvalue weighted by Crippen LogP contribution is 2.19. The number of nitrogens with one attached hydrogen (secondary N) is 2. The van der Waals surface area contributed by atoms with Crippen LogP contribution in [0.3, 0.4) is 0 Å². The predicted octanol–water partition coefficient (Wildman–Crippen LogP) is 0.868. The first-order valence-corrected chi connectivity index (χ1v) is 5.43. The van der Waals surface area contributed by atoms with E-state index in [1.807, 2.05) is 0 Å². The summed E-state index contributed by atoms with van der Waals surface area (Å²) >= 11 is 0. The molecule has 0 atom stereocenters. The third-order valence-corrected chi connectivity index (χ3v) is 2.41. The Hall–Kier alpha value is -1.62. The van der Waals surface area contributed by atoms with Gasteiger partial charge in [0.2, 0.25) is 5.91 Å². The Balaban J connectivity index is 1.75. The molecule has 0 saturated heterocycles. The molecule has 0 unspecified atom stereocenters. The van der Waals surface area contributed by atoms with Crippen LogP contribution in [0.15, 0.2) is 18.3 Å². The highest BCUT2D eigenvalue weighted by molar-refractivity contribution is 5.91. The number of hydrogen-bond donors (Lipinski definition) is 3. The van der Waals surface area contributed by atoms with Gasteiger partial charge >= 0.3 is 0 Å². The van der Waals surface area contributed by atoms with Crippen molar-refractivity contribution in [1.82, 2.24) is 10.3 Å². The fourth-order valence-electron chi connectivity index (χ4n) is 1.36. The first-order valence-electron chi connectivity index (χ1n) is 5.43. The molecular formula is C11H15N3O2. The number of hydrogen-bond acceptors (Lipinski definition) is 4. The van der Waals surface area contributed by atoms with E-state index in [9.17, 15) is 9.90 Å². The molecule has 3 N–H and O–H groups in total. The van der Waals surface area contributed by atoms with Crippen molar-refractivity contribution in [3.8, 4) is 5.75 Å². The van der Waals surface area contributed by atoms with Gasteiger partial charge in [-0.15, -0.1) is 0 Å². The lowest BCUT2D eigenvalue weighted by Gasteiger charge is -2.06. The third kappa shape index (κ3) is 3.20. The molecule has 5 nitrogen and oxygen atoms in total. The number of carbonyl (C=O) groups is 1. The average Bonchev–Trinajstić information content (AvgIpc) is 3.05. The number of amides is 1. The van der Waals surface area contributed by atoms with Gasteiger partial charge in [0, 0.05) is 25.2 Å². The molecule has 0 radical (unpaired) electrons. The molecule has 1 amide bonds. The summed E-state index contributed by atoms with van der Waals surface area (Å²) in [6, 6.07) is 3.71. The van der Waals surface area contributed by atoms with Gasteiger partial charge in [0.15, 0.2) is 11.6 Å². The zero-order valence-corrected chi connectivity index (χ0v) is 8.94. The van der Waals surface area contributed by atoms with Crippen molar-refractivity contribution in [1.29, 1.82) is 0 Å². The maximum atomic E-state index is 11.5. The van der Waals surface area contributed by atoms with Crippen LogP contribution in [0.4, 0.5) is 5.82 Å². The SMILES string of the molecule is O=C(CCNC1CC1)Nc1ncccc1O. The lowest BCUT2D eigenvalue weighted by molar-refractivity contribution is -0.116. The number of nitrogens with zero attached hydrogens (tertiary/aromatic N) is 1. The van der Waals surface area contributed by atoms with Gasteiger partial charge in [-0.05, 0) is 25.0 Å². The van der Waals surface area contributed by atoms with E-state index in [0.717, 1.165) is 0 Å². The normalized spacial score (nSPS) is 14.8.